The topological polar surface area (TPSA) is 67.4 Å². The molecule has 5 nitrogen and oxygen atoms in total. The van der Waals surface area contributed by atoms with Crippen LogP contribution >= 0.6 is 0 Å². The molecule has 0 saturated heterocycles. The van der Waals surface area contributed by atoms with E-state index in [0.717, 1.165) is 37.1 Å². The summed E-state index contributed by atoms with van der Waals surface area (Å²) < 4.78 is 5.79. The Morgan fingerprint density at radius 2 is 1.04 bits per heavy atom. The largest absolute Gasteiger partial charge is 0.457 e. The summed E-state index contributed by atoms with van der Waals surface area (Å²) in [7, 11) is 0. The first kappa shape index (κ1) is 15.7. The third kappa shape index (κ3) is 4.18. The number of carbonyl (C=O) groups is 2. The van der Waals surface area contributed by atoms with Crippen LogP contribution in [-0.4, -0.2) is 11.8 Å². The van der Waals surface area contributed by atoms with Crippen molar-refractivity contribution in [1.82, 2.24) is 0 Å². The predicted molar refractivity (Wildman–Crippen MR) is 95.7 cm³/mol. The van der Waals surface area contributed by atoms with Gasteiger partial charge in [-0.2, -0.15) is 0 Å². The van der Waals surface area contributed by atoms with Crippen LogP contribution in [0.25, 0.3) is 0 Å². The molecule has 2 fully saturated rings. The lowest BCUT2D eigenvalue weighted by Gasteiger charge is -2.09. The van der Waals surface area contributed by atoms with Gasteiger partial charge in [0.15, 0.2) is 0 Å². The molecule has 0 bridgehead atoms. The van der Waals surface area contributed by atoms with Crippen LogP contribution in [-0.2, 0) is 9.59 Å². The van der Waals surface area contributed by atoms with Crippen molar-refractivity contribution in [3.63, 3.8) is 0 Å². The van der Waals surface area contributed by atoms with E-state index in [2.05, 4.69) is 10.6 Å². The summed E-state index contributed by atoms with van der Waals surface area (Å²) in [6.07, 6.45) is 3.96. The zero-order chi connectivity index (χ0) is 17.2. The van der Waals surface area contributed by atoms with Crippen LogP contribution in [0.4, 0.5) is 11.4 Å². The van der Waals surface area contributed by atoms with E-state index in [-0.39, 0.29) is 23.7 Å². The Morgan fingerprint density at radius 1 is 0.680 bits per heavy atom. The summed E-state index contributed by atoms with van der Waals surface area (Å²) in [5, 5.41) is 5.80. The first-order valence-corrected chi connectivity index (χ1v) is 8.67. The van der Waals surface area contributed by atoms with Gasteiger partial charge in [0.25, 0.3) is 0 Å². The second kappa shape index (κ2) is 6.59. The molecule has 2 N–H and O–H groups in total. The van der Waals surface area contributed by atoms with Gasteiger partial charge < -0.3 is 15.4 Å². The minimum atomic E-state index is 0.0949. The lowest BCUT2D eigenvalue weighted by molar-refractivity contribution is -0.118. The number of nitrogens with one attached hydrogen (secondary N) is 2. The molecule has 0 heterocycles. The molecule has 2 amide bonds. The van der Waals surface area contributed by atoms with Crippen LogP contribution in [0.2, 0.25) is 0 Å². The summed E-state index contributed by atoms with van der Waals surface area (Å²) in [4.78, 5) is 23.5. The smallest absolute Gasteiger partial charge is 0.227 e. The Morgan fingerprint density at radius 3 is 1.36 bits per heavy atom. The summed E-state index contributed by atoms with van der Waals surface area (Å²) in [6, 6.07) is 14.6. The van der Waals surface area contributed by atoms with Crippen LogP contribution in [0, 0.1) is 11.8 Å². The molecular weight excluding hydrogens is 316 g/mol. The highest BCUT2D eigenvalue weighted by atomic mass is 16.5. The van der Waals surface area contributed by atoms with Crippen LogP contribution < -0.4 is 15.4 Å². The van der Waals surface area contributed by atoms with E-state index in [1.165, 1.54) is 0 Å². The number of ether oxygens (including phenoxy) is 1. The van der Waals surface area contributed by atoms with Crippen LogP contribution in [0.15, 0.2) is 48.5 Å². The van der Waals surface area contributed by atoms with Gasteiger partial charge in [-0.15, -0.1) is 0 Å². The van der Waals surface area contributed by atoms with Crippen molar-refractivity contribution in [3.8, 4) is 11.5 Å². The van der Waals surface area contributed by atoms with Crippen LogP contribution in [0.5, 0.6) is 11.5 Å². The average Bonchev–Trinajstić information content (AvgIpc) is 3.50. The molecule has 0 aliphatic heterocycles. The quantitative estimate of drug-likeness (QED) is 0.832. The zero-order valence-corrected chi connectivity index (χ0v) is 13.8. The predicted octanol–water partition coefficient (Wildman–Crippen LogP) is 4.18. The fourth-order valence-corrected chi connectivity index (χ4v) is 2.53. The third-order valence-corrected chi connectivity index (χ3v) is 4.38. The molecule has 4 rings (SSSR count). The molecule has 5 heteroatoms. The second-order valence-electron chi connectivity index (χ2n) is 6.68. The molecule has 25 heavy (non-hydrogen) atoms. The number of benzene rings is 2. The maximum absolute atomic E-state index is 11.7. The molecule has 0 aromatic heterocycles. The number of amides is 2. The standard InChI is InChI=1S/C20H20N2O3/c23-19(13-1-2-13)21-15-5-9-17(10-6-15)25-18-11-7-16(8-12-18)22-20(24)14-3-4-14/h5-14H,1-4H2,(H,21,23)(H,22,24). The summed E-state index contributed by atoms with van der Waals surface area (Å²) >= 11 is 0. The lowest BCUT2D eigenvalue weighted by Crippen LogP contribution is -2.13. The Kier molecular flexibility index (Phi) is 4.14. The molecule has 0 atom stereocenters. The van der Waals surface area contributed by atoms with Gasteiger partial charge in [0, 0.05) is 23.2 Å². The van der Waals surface area contributed by atoms with E-state index in [1.807, 2.05) is 48.5 Å². The Hall–Kier alpha value is -2.82. The summed E-state index contributed by atoms with van der Waals surface area (Å²) in [6.45, 7) is 0. The Bertz CT molecular complexity index is 708. The van der Waals surface area contributed by atoms with E-state index >= 15 is 0 Å². The van der Waals surface area contributed by atoms with E-state index < -0.39 is 0 Å². The molecule has 128 valence electrons. The molecule has 0 spiro atoms. The van der Waals surface area contributed by atoms with Gasteiger partial charge in [-0.1, -0.05) is 0 Å². The number of hydrogen-bond donors (Lipinski definition) is 2. The average molecular weight is 336 g/mol. The molecule has 2 aromatic carbocycles. The van der Waals surface area contributed by atoms with Gasteiger partial charge in [-0.05, 0) is 74.2 Å². The van der Waals surface area contributed by atoms with Crippen molar-refractivity contribution in [2.24, 2.45) is 11.8 Å². The van der Waals surface area contributed by atoms with Gasteiger partial charge in [0.05, 0.1) is 0 Å². The number of carbonyl (C=O) groups excluding carboxylic acids is 2. The highest BCUT2D eigenvalue weighted by molar-refractivity contribution is 5.94. The van der Waals surface area contributed by atoms with Crippen molar-refractivity contribution in [2.45, 2.75) is 25.7 Å². The van der Waals surface area contributed by atoms with Crippen molar-refractivity contribution >= 4 is 23.2 Å². The Balaban J connectivity index is 1.33. The zero-order valence-electron chi connectivity index (χ0n) is 13.8. The van der Waals surface area contributed by atoms with Gasteiger partial charge in [0.2, 0.25) is 11.8 Å². The van der Waals surface area contributed by atoms with Crippen molar-refractivity contribution in [1.29, 1.82) is 0 Å². The van der Waals surface area contributed by atoms with Gasteiger partial charge >= 0.3 is 0 Å². The number of anilines is 2. The SMILES string of the molecule is O=C(Nc1ccc(Oc2ccc(NC(=O)C3CC3)cc2)cc1)C1CC1. The molecular formula is C20H20N2O3. The molecule has 2 aliphatic carbocycles. The van der Waals surface area contributed by atoms with Crippen molar-refractivity contribution in [3.05, 3.63) is 48.5 Å². The minimum absolute atomic E-state index is 0.0949. The number of hydrogen-bond acceptors (Lipinski definition) is 3. The van der Waals surface area contributed by atoms with Crippen molar-refractivity contribution < 1.29 is 14.3 Å². The Labute approximate surface area is 146 Å². The maximum Gasteiger partial charge on any atom is 0.227 e. The normalized spacial score (nSPS) is 16.2. The van der Waals surface area contributed by atoms with E-state index in [0.29, 0.717) is 11.5 Å². The van der Waals surface area contributed by atoms with Crippen molar-refractivity contribution in [2.75, 3.05) is 10.6 Å². The molecule has 2 aromatic rings. The third-order valence-electron chi connectivity index (χ3n) is 4.38. The summed E-state index contributed by atoms with van der Waals surface area (Å²) in [5.41, 5.74) is 1.56. The lowest BCUT2D eigenvalue weighted by atomic mass is 10.2. The minimum Gasteiger partial charge on any atom is -0.457 e. The highest BCUT2D eigenvalue weighted by Gasteiger charge is 2.30. The first-order chi connectivity index (χ1) is 12.2. The van der Waals surface area contributed by atoms with E-state index in [1.54, 1.807) is 0 Å². The van der Waals surface area contributed by atoms with Gasteiger partial charge in [-0.3, -0.25) is 9.59 Å². The fraction of sp³-hybridized carbons (Fsp3) is 0.300. The first-order valence-electron chi connectivity index (χ1n) is 8.67. The molecule has 2 aliphatic rings. The van der Waals surface area contributed by atoms with Gasteiger partial charge in [0.1, 0.15) is 11.5 Å². The number of rotatable bonds is 6. The van der Waals surface area contributed by atoms with Crippen LogP contribution in [0.1, 0.15) is 25.7 Å². The monoisotopic (exact) mass is 336 g/mol. The van der Waals surface area contributed by atoms with E-state index in [9.17, 15) is 9.59 Å². The maximum atomic E-state index is 11.7. The van der Waals surface area contributed by atoms with E-state index in [4.69, 9.17) is 4.74 Å². The molecule has 0 unspecified atom stereocenters. The van der Waals surface area contributed by atoms with Gasteiger partial charge in [-0.25, -0.2) is 0 Å². The summed E-state index contributed by atoms with van der Waals surface area (Å²) in [5.74, 6) is 1.96. The molecule has 0 radical (unpaired) electrons. The fourth-order valence-electron chi connectivity index (χ4n) is 2.53. The van der Waals surface area contributed by atoms with Crippen LogP contribution in [0.3, 0.4) is 0 Å². The highest BCUT2D eigenvalue weighted by Crippen LogP contribution is 2.32. The second-order valence-corrected chi connectivity index (χ2v) is 6.68. The molecule has 2 saturated carbocycles.